The zero-order chi connectivity index (χ0) is 12.1. The lowest BCUT2D eigenvalue weighted by molar-refractivity contribution is 0.591. The Balaban J connectivity index is 2.30. The number of thiophene rings is 1. The van der Waals surface area contributed by atoms with Crippen LogP contribution < -0.4 is 5.32 Å². The van der Waals surface area contributed by atoms with Crippen molar-refractivity contribution in [3.05, 3.63) is 50.9 Å². The minimum atomic E-state index is 0.186. The third kappa shape index (κ3) is 3.15. The molecule has 90 valence electrons. The van der Waals surface area contributed by atoms with E-state index in [9.17, 15) is 0 Å². The van der Waals surface area contributed by atoms with E-state index in [0.717, 1.165) is 23.1 Å². The molecule has 4 heteroatoms. The topological polar surface area (TPSA) is 24.9 Å². The Kier molecular flexibility index (Phi) is 4.71. The molecule has 0 amide bonds. The number of rotatable bonds is 5. The maximum Gasteiger partial charge on any atom is 0.0856 e. The molecule has 0 bridgehead atoms. The monoisotopic (exact) mass is 310 g/mol. The lowest BCUT2D eigenvalue weighted by Gasteiger charge is -2.17. The van der Waals surface area contributed by atoms with Crippen molar-refractivity contribution in [2.24, 2.45) is 0 Å². The van der Waals surface area contributed by atoms with Crippen molar-refractivity contribution in [2.45, 2.75) is 19.4 Å². The summed E-state index contributed by atoms with van der Waals surface area (Å²) in [6, 6.07) is 8.40. The van der Waals surface area contributed by atoms with Gasteiger partial charge in [-0.05, 0) is 52.5 Å². The highest BCUT2D eigenvalue weighted by Crippen LogP contribution is 2.29. The van der Waals surface area contributed by atoms with E-state index in [1.54, 1.807) is 11.3 Å². The van der Waals surface area contributed by atoms with Gasteiger partial charge in [-0.1, -0.05) is 13.0 Å². The van der Waals surface area contributed by atoms with Crippen LogP contribution in [0.15, 0.2) is 40.3 Å². The number of nitrogens with one attached hydrogen (secondary N) is 1. The van der Waals surface area contributed by atoms with Crippen LogP contribution in [0.3, 0.4) is 0 Å². The van der Waals surface area contributed by atoms with Gasteiger partial charge in [-0.15, -0.1) is 11.3 Å². The molecule has 2 heterocycles. The van der Waals surface area contributed by atoms with Crippen molar-refractivity contribution in [3.8, 4) is 0 Å². The van der Waals surface area contributed by atoms with Gasteiger partial charge in [0.25, 0.3) is 0 Å². The second-order valence-corrected chi connectivity index (χ2v) is 5.61. The minimum Gasteiger partial charge on any atom is -0.304 e. The van der Waals surface area contributed by atoms with E-state index in [1.165, 1.54) is 4.88 Å². The Labute approximate surface area is 114 Å². The second-order valence-electron chi connectivity index (χ2n) is 3.77. The zero-order valence-corrected chi connectivity index (χ0v) is 12.1. The van der Waals surface area contributed by atoms with E-state index in [1.807, 2.05) is 18.3 Å². The average molecular weight is 311 g/mol. The largest absolute Gasteiger partial charge is 0.304 e. The van der Waals surface area contributed by atoms with Gasteiger partial charge in [0.2, 0.25) is 0 Å². The van der Waals surface area contributed by atoms with Crippen LogP contribution in [-0.4, -0.2) is 11.5 Å². The summed E-state index contributed by atoms with van der Waals surface area (Å²) >= 11 is 5.34. The Morgan fingerprint density at radius 3 is 2.94 bits per heavy atom. The molecule has 0 aliphatic carbocycles. The van der Waals surface area contributed by atoms with Gasteiger partial charge in [0.05, 0.1) is 11.7 Å². The smallest absolute Gasteiger partial charge is 0.0856 e. The summed E-state index contributed by atoms with van der Waals surface area (Å²) in [7, 11) is 0. The summed E-state index contributed by atoms with van der Waals surface area (Å²) in [6.07, 6.45) is 2.96. The van der Waals surface area contributed by atoms with Crippen LogP contribution in [0.5, 0.6) is 0 Å². The van der Waals surface area contributed by atoms with Gasteiger partial charge < -0.3 is 5.32 Å². The van der Waals surface area contributed by atoms with Crippen molar-refractivity contribution >= 4 is 27.3 Å². The molecule has 0 radical (unpaired) electrons. The fraction of sp³-hybridized carbons (Fsp3) is 0.308. The fourth-order valence-corrected chi connectivity index (χ4v) is 2.97. The Morgan fingerprint density at radius 2 is 2.29 bits per heavy atom. The molecule has 0 fully saturated rings. The van der Waals surface area contributed by atoms with E-state index in [0.29, 0.717) is 0 Å². The molecule has 0 aliphatic rings. The van der Waals surface area contributed by atoms with Crippen LogP contribution in [-0.2, 0) is 0 Å². The van der Waals surface area contributed by atoms with E-state index in [4.69, 9.17) is 0 Å². The van der Waals surface area contributed by atoms with Crippen molar-refractivity contribution in [3.63, 3.8) is 0 Å². The minimum absolute atomic E-state index is 0.186. The van der Waals surface area contributed by atoms with Gasteiger partial charge in [-0.25, -0.2) is 0 Å². The summed E-state index contributed by atoms with van der Waals surface area (Å²) in [6.45, 7) is 3.16. The van der Waals surface area contributed by atoms with E-state index in [-0.39, 0.29) is 6.04 Å². The quantitative estimate of drug-likeness (QED) is 0.903. The van der Waals surface area contributed by atoms with Gasteiger partial charge >= 0.3 is 0 Å². The molecule has 1 atom stereocenters. The number of hydrogen-bond donors (Lipinski definition) is 1. The number of halogens is 1. The summed E-state index contributed by atoms with van der Waals surface area (Å²) in [4.78, 5) is 5.79. The van der Waals surface area contributed by atoms with Crippen molar-refractivity contribution in [1.82, 2.24) is 10.3 Å². The Bertz CT molecular complexity index is 456. The molecule has 0 aliphatic heterocycles. The highest BCUT2D eigenvalue weighted by atomic mass is 79.9. The van der Waals surface area contributed by atoms with Crippen molar-refractivity contribution in [1.29, 1.82) is 0 Å². The third-order valence-electron chi connectivity index (χ3n) is 2.49. The van der Waals surface area contributed by atoms with Gasteiger partial charge in [0, 0.05) is 15.5 Å². The molecule has 2 aromatic rings. The van der Waals surface area contributed by atoms with E-state index < -0.39 is 0 Å². The molecule has 1 N–H and O–H groups in total. The van der Waals surface area contributed by atoms with Crippen LogP contribution in [0.4, 0.5) is 0 Å². The van der Waals surface area contributed by atoms with Crippen molar-refractivity contribution in [2.75, 3.05) is 6.54 Å². The lowest BCUT2D eigenvalue weighted by Crippen LogP contribution is -2.23. The molecule has 2 nitrogen and oxygen atoms in total. The zero-order valence-electron chi connectivity index (χ0n) is 9.69. The van der Waals surface area contributed by atoms with E-state index in [2.05, 4.69) is 50.7 Å². The molecular formula is C13H15BrN2S. The first-order chi connectivity index (χ1) is 8.33. The average Bonchev–Trinajstić information content (AvgIpc) is 2.85. The summed E-state index contributed by atoms with van der Waals surface area (Å²) in [5.74, 6) is 0. The van der Waals surface area contributed by atoms with Crippen LogP contribution in [0.25, 0.3) is 0 Å². The van der Waals surface area contributed by atoms with Gasteiger partial charge in [-0.2, -0.15) is 0 Å². The molecule has 2 rings (SSSR count). The highest BCUT2D eigenvalue weighted by molar-refractivity contribution is 9.10. The van der Waals surface area contributed by atoms with E-state index >= 15 is 0 Å². The predicted molar refractivity (Wildman–Crippen MR) is 76.4 cm³/mol. The maximum absolute atomic E-state index is 4.48. The Morgan fingerprint density at radius 1 is 1.41 bits per heavy atom. The lowest BCUT2D eigenvalue weighted by atomic mass is 10.1. The van der Waals surface area contributed by atoms with Crippen LogP contribution >= 0.6 is 27.3 Å². The first kappa shape index (κ1) is 12.7. The van der Waals surface area contributed by atoms with Crippen LogP contribution in [0.1, 0.15) is 30.0 Å². The first-order valence-corrected chi connectivity index (χ1v) is 7.37. The molecule has 0 aromatic carbocycles. The number of nitrogens with zero attached hydrogens (tertiary/aromatic N) is 1. The van der Waals surface area contributed by atoms with Crippen LogP contribution in [0.2, 0.25) is 0 Å². The molecule has 0 saturated carbocycles. The predicted octanol–water partition coefficient (Wildman–Crippen LogP) is 3.99. The number of pyridine rings is 1. The third-order valence-corrected chi connectivity index (χ3v) is 4.09. The molecule has 0 saturated heterocycles. The molecule has 17 heavy (non-hydrogen) atoms. The molecule has 1 unspecified atom stereocenters. The summed E-state index contributed by atoms with van der Waals surface area (Å²) in [5, 5.41) is 5.65. The number of aromatic nitrogens is 1. The van der Waals surface area contributed by atoms with Gasteiger partial charge in [0.1, 0.15) is 0 Å². The Hall–Kier alpha value is -0.710. The summed E-state index contributed by atoms with van der Waals surface area (Å²) < 4.78 is 1.06. The second kappa shape index (κ2) is 6.28. The SMILES string of the molecule is CCCNC(c1cccs1)c1ncccc1Br. The first-order valence-electron chi connectivity index (χ1n) is 5.70. The van der Waals surface area contributed by atoms with Crippen molar-refractivity contribution < 1.29 is 0 Å². The summed E-state index contributed by atoms with van der Waals surface area (Å²) in [5.41, 5.74) is 1.06. The fourth-order valence-electron chi connectivity index (χ4n) is 1.69. The van der Waals surface area contributed by atoms with Gasteiger partial charge in [-0.3, -0.25) is 4.98 Å². The number of hydrogen-bond acceptors (Lipinski definition) is 3. The highest BCUT2D eigenvalue weighted by Gasteiger charge is 2.17. The van der Waals surface area contributed by atoms with Crippen LogP contribution in [0, 0.1) is 0 Å². The van der Waals surface area contributed by atoms with Gasteiger partial charge in [0.15, 0.2) is 0 Å². The standard InChI is InChI=1S/C13H15BrN2S/c1-2-7-15-13(11-6-4-9-17-11)12-10(14)5-3-8-16-12/h3-6,8-9,13,15H,2,7H2,1H3. The normalized spacial score (nSPS) is 12.6. The maximum atomic E-state index is 4.48. The molecule has 0 spiro atoms. The molecular weight excluding hydrogens is 296 g/mol. The molecule has 2 aromatic heterocycles.